The molecule has 0 unspecified atom stereocenters. The lowest BCUT2D eigenvalue weighted by molar-refractivity contribution is -0.384. The number of non-ortho nitro benzene ring substituents is 1. The minimum atomic E-state index is -0.464. The molecule has 7 nitrogen and oxygen atoms in total. The summed E-state index contributed by atoms with van der Waals surface area (Å²) in [6.45, 7) is 5.47. The Hall–Kier alpha value is -2.93. The zero-order valence-corrected chi connectivity index (χ0v) is 15.2. The summed E-state index contributed by atoms with van der Waals surface area (Å²) in [5.74, 6) is -0.418. The zero-order chi connectivity index (χ0) is 19.1. The van der Waals surface area contributed by atoms with Gasteiger partial charge in [-0.1, -0.05) is 17.7 Å². The SMILES string of the molecule is CCN(CC)c1ccc([N+](=O)[O-])cc1/C=N/NC(=O)c1cccc(Cl)c1. The van der Waals surface area contributed by atoms with Crippen LogP contribution in [0.1, 0.15) is 29.8 Å². The van der Waals surface area contributed by atoms with Crippen molar-refractivity contribution in [3.63, 3.8) is 0 Å². The van der Waals surface area contributed by atoms with Gasteiger partial charge in [0.05, 0.1) is 11.1 Å². The molecule has 0 atom stereocenters. The van der Waals surface area contributed by atoms with Gasteiger partial charge in [0.1, 0.15) is 0 Å². The first-order valence-corrected chi connectivity index (χ1v) is 8.46. The van der Waals surface area contributed by atoms with E-state index in [-0.39, 0.29) is 5.69 Å². The topological polar surface area (TPSA) is 87.8 Å². The Bertz CT molecular complexity index is 835. The summed E-state index contributed by atoms with van der Waals surface area (Å²) in [6.07, 6.45) is 1.41. The van der Waals surface area contributed by atoms with Gasteiger partial charge in [-0.05, 0) is 38.1 Å². The highest BCUT2D eigenvalue weighted by molar-refractivity contribution is 6.30. The molecule has 0 bridgehead atoms. The minimum absolute atomic E-state index is 0.0384. The number of anilines is 1. The van der Waals surface area contributed by atoms with E-state index in [1.807, 2.05) is 18.7 Å². The number of nitro groups is 1. The van der Waals surface area contributed by atoms with Crippen molar-refractivity contribution < 1.29 is 9.72 Å². The normalized spacial score (nSPS) is 10.7. The zero-order valence-electron chi connectivity index (χ0n) is 14.5. The molecule has 2 aromatic carbocycles. The van der Waals surface area contributed by atoms with Crippen LogP contribution in [0.2, 0.25) is 5.02 Å². The first kappa shape index (κ1) is 19.4. The van der Waals surface area contributed by atoms with Crippen LogP contribution in [0.3, 0.4) is 0 Å². The number of nitro benzene ring substituents is 1. The van der Waals surface area contributed by atoms with E-state index in [0.717, 1.165) is 18.8 Å². The number of rotatable bonds is 7. The number of carbonyl (C=O) groups excluding carboxylic acids is 1. The molecule has 0 fully saturated rings. The molecule has 1 N–H and O–H groups in total. The van der Waals surface area contributed by atoms with Gasteiger partial charge in [-0.3, -0.25) is 14.9 Å². The summed E-state index contributed by atoms with van der Waals surface area (Å²) in [6, 6.07) is 11.1. The van der Waals surface area contributed by atoms with Gasteiger partial charge >= 0.3 is 0 Å². The highest BCUT2D eigenvalue weighted by atomic mass is 35.5. The lowest BCUT2D eigenvalue weighted by Crippen LogP contribution is -2.23. The molecule has 0 aromatic heterocycles. The van der Waals surface area contributed by atoms with Crippen molar-refractivity contribution >= 4 is 35.1 Å². The fourth-order valence-corrected chi connectivity index (χ4v) is 2.66. The van der Waals surface area contributed by atoms with Crippen molar-refractivity contribution in [3.8, 4) is 0 Å². The first-order chi connectivity index (χ1) is 12.5. The van der Waals surface area contributed by atoms with Crippen LogP contribution >= 0.6 is 11.6 Å². The average Bonchev–Trinajstić information content (AvgIpc) is 2.63. The molecule has 136 valence electrons. The summed E-state index contributed by atoms with van der Waals surface area (Å²) in [5.41, 5.74) is 4.10. The lowest BCUT2D eigenvalue weighted by Gasteiger charge is -2.22. The Morgan fingerprint density at radius 2 is 2.00 bits per heavy atom. The molecule has 0 radical (unpaired) electrons. The van der Waals surface area contributed by atoms with Crippen LogP contribution in [0.25, 0.3) is 0 Å². The molecule has 0 aliphatic rings. The molecule has 8 heteroatoms. The van der Waals surface area contributed by atoms with E-state index >= 15 is 0 Å². The summed E-state index contributed by atoms with van der Waals surface area (Å²) in [7, 11) is 0. The van der Waals surface area contributed by atoms with Gasteiger partial charge in [0.15, 0.2) is 0 Å². The minimum Gasteiger partial charge on any atom is -0.372 e. The van der Waals surface area contributed by atoms with E-state index in [1.54, 1.807) is 24.3 Å². The maximum Gasteiger partial charge on any atom is 0.271 e. The van der Waals surface area contributed by atoms with Crippen LogP contribution < -0.4 is 10.3 Å². The smallest absolute Gasteiger partial charge is 0.271 e. The molecule has 0 heterocycles. The predicted molar refractivity (Wildman–Crippen MR) is 103 cm³/mol. The Kier molecular flexibility index (Phi) is 6.68. The number of benzene rings is 2. The van der Waals surface area contributed by atoms with Crippen LogP contribution in [0.5, 0.6) is 0 Å². The maximum absolute atomic E-state index is 12.1. The highest BCUT2D eigenvalue weighted by Crippen LogP contribution is 2.24. The Morgan fingerprint density at radius 1 is 1.27 bits per heavy atom. The first-order valence-electron chi connectivity index (χ1n) is 8.08. The van der Waals surface area contributed by atoms with Gasteiger partial charge in [-0.25, -0.2) is 5.43 Å². The molecular formula is C18H19ClN4O3. The lowest BCUT2D eigenvalue weighted by atomic mass is 10.1. The molecule has 0 saturated carbocycles. The van der Waals surface area contributed by atoms with Gasteiger partial charge in [0.25, 0.3) is 11.6 Å². The molecule has 0 saturated heterocycles. The molecular weight excluding hydrogens is 356 g/mol. The van der Waals surface area contributed by atoms with Crippen LogP contribution in [-0.4, -0.2) is 30.1 Å². The van der Waals surface area contributed by atoms with Gasteiger partial charge in [-0.2, -0.15) is 5.10 Å². The monoisotopic (exact) mass is 374 g/mol. The van der Waals surface area contributed by atoms with Crippen LogP contribution in [-0.2, 0) is 0 Å². The van der Waals surface area contributed by atoms with Crippen molar-refractivity contribution in [1.29, 1.82) is 0 Å². The highest BCUT2D eigenvalue weighted by Gasteiger charge is 2.13. The third-order valence-corrected chi connectivity index (χ3v) is 4.02. The second-order valence-corrected chi connectivity index (χ2v) is 5.82. The standard InChI is InChI=1S/C18H19ClN4O3/c1-3-22(4-2)17-9-8-16(23(25)26)11-14(17)12-20-21-18(24)13-6-5-7-15(19)10-13/h5-12H,3-4H2,1-2H3,(H,21,24)/b20-12+. The number of hydrazone groups is 1. The fraction of sp³-hybridized carbons (Fsp3) is 0.222. The summed E-state index contributed by atoms with van der Waals surface area (Å²) < 4.78 is 0. The quantitative estimate of drug-likeness (QED) is 0.453. The molecule has 1 amide bonds. The summed E-state index contributed by atoms with van der Waals surface area (Å²) >= 11 is 5.87. The maximum atomic E-state index is 12.1. The van der Waals surface area contributed by atoms with Gasteiger partial charge in [0, 0.05) is 47.1 Å². The van der Waals surface area contributed by atoms with E-state index in [1.165, 1.54) is 24.4 Å². The van der Waals surface area contributed by atoms with Crippen molar-refractivity contribution in [2.45, 2.75) is 13.8 Å². The Balaban J connectivity index is 2.25. The van der Waals surface area contributed by atoms with Gasteiger partial charge < -0.3 is 4.90 Å². The molecule has 2 rings (SSSR count). The second-order valence-electron chi connectivity index (χ2n) is 5.38. The van der Waals surface area contributed by atoms with E-state index in [9.17, 15) is 14.9 Å². The number of amides is 1. The van der Waals surface area contributed by atoms with Crippen LogP contribution in [0.15, 0.2) is 47.6 Å². The van der Waals surface area contributed by atoms with E-state index in [0.29, 0.717) is 16.1 Å². The fourth-order valence-electron chi connectivity index (χ4n) is 2.47. The van der Waals surface area contributed by atoms with E-state index < -0.39 is 10.8 Å². The van der Waals surface area contributed by atoms with E-state index in [2.05, 4.69) is 10.5 Å². The number of nitrogens with zero attached hydrogens (tertiary/aromatic N) is 3. The second kappa shape index (κ2) is 8.96. The third kappa shape index (κ3) is 4.80. The Labute approximate surface area is 156 Å². The van der Waals surface area contributed by atoms with E-state index in [4.69, 9.17) is 11.6 Å². The largest absolute Gasteiger partial charge is 0.372 e. The number of hydrogen-bond donors (Lipinski definition) is 1. The molecule has 2 aromatic rings. The predicted octanol–water partition coefficient (Wildman–Crippen LogP) is 3.86. The molecule has 26 heavy (non-hydrogen) atoms. The number of hydrogen-bond acceptors (Lipinski definition) is 5. The molecule has 0 aliphatic carbocycles. The molecule has 0 aliphatic heterocycles. The average molecular weight is 375 g/mol. The van der Waals surface area contributed by atoms with Crippen molar-refractivity contribution in [2.24, 2.45) is 5.10 Å². The summed E-state index contributed by atoms with van der Waals surface area (Å²) in [5, 5.41) is 15.4. The van der Waals surface area contributed by atoms with Crippen molar-refractivity contribution in [3.05, 3.63) is 68.7 Å². The van der Waals surface area contributed by atoms with Crippen molar-refractivity contribution in [2.75, 3.05) is 18.0 Å². The number of nitrogens with one attached hydrogen (secondary N) is 1. The molecule has 0 spiro atoms. The summed E-state index contributed by atoms with van der Waals surface area (Å²) in [4.78, 5) is 24.7. The number of halogens is 1. The van der Waals surface area contributed by atoms with Crippen LogP contribution in [0, 0.1) is 10.1 Å². The number of carbonyl (C=O) groups is 1. The third-order valence-electron chi connectivity index (χ3n) is 3.78. The Morgan fingerprint density at radius 3 is 2.62 bits per heavy atom. The van der Waals surface area contributed by atoms with Gasteiger partial charge in [-0.15, -0.1) is 0 Å². The van der Waals surface area contributed by atoms with Crippen LogP contribution in [0.4, 0.5) is 11.4 Å². The van der Waals surface area contributed by atoms with Crippen molar-refractivity contribution in [1.82, 2.24) is 5.43 Å². The van der Waals surface area contributed by atoms with Gasteiger partial charge in [0.2, 0.25) is 0 Å².